The smallest absolute Gasteiger partial charge is 0.0729 e. The van der Waals surface area contributed by atoms with Gasteiger partial charge in [0.05, 0.1) is 9.26 Å². The van der Waals surface area contributed by atoms with E-state index >= 15 is 0 Å². The second-order valence-corrected chi connectivity index (χ2v) is 5.44. The normalized spacial score (nSPS) is 17.2. The van der Waals surface area contributed by atoms with Gasteiger partial charge in [-0.2, -0.15) is 5.10 Å². The van der Waals surface area contributed by atoms with Gasteiger partial charge in [0.15, 0.2) is 0 Å². The molecule has 16 heavy (non-hydrogen) atoms. The monoisotopic (exact) mass is 355 g/mol. The summed E-state index contributed by atoms with van der Waals surface area (Å²) in [5.74, 6) is 0.806. The summed E-state index contributed by atoms with van der Waals surface area (Å²) in [5.41, 5.74) is 2.49. The van der Waals surface area contributed by atoms with E-state index in [1.165, 1.54) is 40.9 Å². The van der Waals surface area contributed by atoms with Gasteiger partial charge in [-0.05, 0) is 68.3 Å². The predicted molar refractivity (Wildman–Crippen MR) is 77.3 cm³/mol. The zero-order valence-electron chi connectivity index (χ0n) is 9.79. The first kappa shape index (κ1) is 14.3. The summed E-state index contributed by atoms with van der Waals surface area (Å²) < 4.78 is 3.51. The second kappa shape index (κ2) is 6.21. The highest BCUT2D eigenvalue weighted by Crippen LogP contribution is 2.19. The van der Waals surface area contributed by atoms with Crippen LogP contribution >= 0.6 is 35.0 Å². The van der Waals surface area contributed by atoms with E-state index < -0.39 is 0 Å². The van der Waals surface area contributed by atoms with Crippen molar-refractivity contribution in [1.82, 2.24) is 15.1 Å². The number of nitrogens with zero attached hydrogens (tertiary/aromatic N) is 2. The van der Waals surface area contributed by atoms with Crippen molar-refractivity contribution in [3.05, 3.63) is 15.0 Å². The molecule has 0 unspecified atom stereocenters. The molecule has 0 aromatic carbocycles. The summed E-state index contributed by atoms with van der Waals surface area (Å²) in [4.78, 5) is 0. The summed E-state index contributed by atoms with van der Waals surface area (Å²) in [6.45, 7) is 7.69. The predicted octanol–water partition coefficient (Wildman–Crippen LogP) is 2.53. The molecule has 1 fully saturated rings. The number of piperidine rings is 1. The molecule has 92 valence electrons. The minimum Gasteiger partial charge on any atom is -0.317 e. The van der Waals surface area contributed by atoms with Crippen molar-refractivity contribution in [2.45, 2.75) is 33.2 Å². The van der Waals surface area contributed by atoms with Crippen LogP contribution in [0.3, 0.4) is 0 Å². The van der Waals surface area contributed by atoms with Crippen LogP contribution in [0.15, 0.2) is 0 Å². The fourth-order valence-corrected chi connectivity index (χ4v) is 2.55. The molecule has 0 radical (unpaired) electrons. The molecular formula is C11H19ClIN3. The van der Waals surface area contributed by atoms with Crippen molar-refractivity contribution < 1.29 is 0 Å². The molecule has 1 saturated heterocycles. The van der Waals surface area contributed by atoms with Crippen LogP contribution in [0, 0.1) is 23.3 Å². The molecule has 1 aliphatic heterocycles. The van der Waals surface area contributed by atoms with E-state index in [9.17, 15) is 0 Å². The van der Waals surface area contributed by atoms with Crippen molar-refractivity contribution in [2.75, 3.05) is 13.1 Å². The Morgan fingerprint density at radius 3 is 2.50 bits per heavy atom. The van der Waals surface area contributed by atoms with Crippen molar-refractivity contribution in [2.24, 2.45) is 5.92 Å². The molecule has 0 bridgehead atoms. The van der Waals surface area contributed by atoms with Crippen LogP contribution in [0.25, 0.3) is 0 Å². The summed E-state index contributed by atoms with van der Waals surface area (Å²) in [6.07, 6.45) is 2.57. The highest BCUT2D eigenvalue weighted by molar-refractivity contribution is 14.1. The van der Waals surface area contributed by atoms with Crippen LogP contribution in [0.2, 0.25) is 0 Å². The number of hydrogen-bond acceptors (Lipinski definition) is 2. The van der Waals surface area contributed by atoms with E-state index in [-0.39, 0.29) is 12.4 Å². The van der Waals surface area contributed by atoms with Gasteiger partial charge in [-0.15, -0.1) is 12.4 Å². The van der Waals surface area contributed by atoms with Gasteiger partial charge < -0.3 is 5.32 Å². The fraction of sp³-hybridized carbons (Fsp3) is 0.727. The van der Waals surface area contributed by atoms with Gasteiger partial charge in [0.2, 0.25) is 0 Å². The number of nitrogens with one attached hydrogen (secondary N) is 1. The first-order chi connectivity index (χ1) is 7.18. The highest BCUT2D eigenvalue weighted by atomic mass is 127. The molecule has 5 heteroatoms. The van der Waals surface area contributed by atoms with Crippen molar-refractivity contribution in [3.8, 4) is 0 Å². The Morgan fingerprint density at radius 2 is 2.00 bits per heavy atom. The van der Waals surface area contributed by atoms with E-state index in [0.29, 0.717) is 0 Å². The van der Waals surface area contributed by atoms with Gasteiger partial charge in [-0.25, -0.2) is 0 Å². The molecule has 0 saturated carbocycles. The topological polar surface area (TPSA) is 29.9 Å². The van der Waals surface area contributed by atoms with Gasteiger partial charge in [-0.3, -0.25) is 4.68 Å². The minimum absolute atomic E-state index is 0. The van der Waals surface area contributed by atoms with Crippen molar-refractivity contribution >= 4 is 35.0 Å². The maximum atomic E-state index is 4.59. The third-order valence-corrected chi connectivity index (χ3v) is 4.74. The lowest BCUT2D eigenvalue weighted by atomic mass is 9.98. The largest absolute Gasteiger partial charge is 0.317 e. The molecule has 3 nitrogen and oxygen atoms in total. The average Bonchev–Trinajstić information content (AvgIpc) is 2.48. The number of aryl methyl sites for hydroxylation is 1. The standard InChI is InChI=1S/C11H18IN3.ClH/c1-8-11(12)9(2)15(14-8)7-10-3-5-13-6-4-10;/h10,13H,3-7H2,1-2H3;1H. The zero-order chi connectivity index (χ0) is 10.8. The maximum Gasteiger partial charge on any atom is 0.0729 e. The molecule has 2 heterocycles. The van der Waals surface area contributed by atoms with E-state index in [0.717, 1.165) is 12.5 Å². The first-order valence-corrected chi connectivity index (χ1v) is 6.66. The SMILES string of the molecule is Cc1nn(CC2CCNCC2)c(C)c1I.Cl. The summed E-state index contributed by atoms with van der Waals surface area (Å²) in [6, 6.07) is 0. The Labute approximate surface area is 117 Å². The molecule has 1 aliphatic rings. The molecule has 0 spiro atoms. The van der Waals surface area contributed by atoms with Gasteiger partial charge in [0.25, 0.3) is 0 Å². The summed E-state index contributed by atoms with van der Waals surface area (Å²) in [5, 5.41) is 7.99. The van der Waals surface area contributed by atoms with E-state index in [1.807, 2.05) is 0 Å². The molecule has 2 rings (SSSR count). The van der Waals surface area contributed by atoms with E-state index in [1.54, 1.807) is 0 Å². The third kappa shape index (κ3) is 3.11. The molecule has 1 N–H and O–H groups in total. The fourth-order valence-electron chi connectivity index (χ4n) is 2.16. The van der Waals surface area contributed by atoms with Crippen LogP contribution in [0.1, 0.15) is 24.2 Å². The zero-order valence-corrected chi connectivity index (χ0v) is 12.8. The van der Waals surface area contributed by atoms with Gasteiger partial charge in [0.1, 0.15) is 0 Å². The molecule has 1 aromatic heterocycles. The quantitative estimate of drug-likeness (QED) is 0.826. The summed E-state index contributed by atoms with van der Waals surface area (Å²) in [7, 11) is 0. The molecule has 0 amide bonds. The Morgan fingerprint density at radius 1 is 1.38 bits per heavy atom. The number of hydrogen-bond donors (Lipinski definition) is 1. The Kier molecular flexibility index (Phi) is 5.53. The van der Waals surface area contributed by atoms with Crippen LogP contribution < -0.4 is 5.32 Å². The number of rotatable bonds is 2. The van der Waals surface area contributed by atoms with Crippen LogP contribution in [0.5, 0.6) is 0 Å². The Balaban J connectivity index is 0.00000128. The molecule has 0 atom stereocenters. The minimum atomic E-state index is 0. The average molecular weight is 356 g/mol. The molecular weight excluding hydrogens is 336 g/mol. The third-order valence-electron chi connectivity index (χ3n) is 3.18. The van der Waals surface area contributed by atoms with Gasteiger partial charge in [-0.1, -0.05) is 0 Å². The van der Waals surface area contributed by atoms with Crippen molar-refractivity contribution in [1.29, 1.82) is 0 Å². The highest BCUT2D eigenvalue weighted by Gasteiger charge is 2.16. The Hall–Kier alpha value is 0.190. The summed E-state index contributed by atoms with van der Waals surface area (Å²) >= 11 is 2.39. The lowest BCUT2D eigenvalue weighted by Crippen LogP contribution is -2.30. The second-order valence-electron chi connectivity index (χ2n) is 4.36. The van der Waals surface area contributed by atoms with Crippen LogP contribution in [0.4, 0.5) is 0 Å². The maximum absolute atomic E-state index is 4.59. The Bertz CT molecular complexity index is 345. The van der Waals surface area contributed by atoms with Crippen LogP contribution in [-0.4, -0.2) is 22.9 Å². The lowest BCUT2D eigenvalue weighted by molar-refractivity contribution is 0.318. The first-order valence-electron chi connectivity index (χ1n) is 5.58. The van der Waals surface area contributed by atoms with Crippen molar-refractivity contribution in [3.63, 3.8) is 0 Å². The molecule has 0 aliphatic carbocycles. The van der Waals surface area contributed by atoms with Gasteiger partial charge >= 0.3 is 0 Å². The molecule has 1 aromatic rings. The lowest BCUT2D eigenvalue weighted by Gasteiger charge is -2.22. The van der Waals surface area contributed by atoms with Crippen LogP contribution in [-0.2, 0) is 6.54 Å². The number of halogens is 2. The van der Waals surface area contributed by atoms with E-state index in [4.69, 9.17) is 0 Å². The van der Waals surface area contributed by atoms with Gasteiger partial charge in [0, 0.05) is 12.2 Å². The van der Waals surface area contributed by atoms with E-state index in [2.05, 4.69) is 51.5 Å². The number of aromatic nitrogens is 2.